The molecule has 0 aliphatic heterocycles. The van der Waals surface area contributed by atoms with Gasteiger partial charge in [-0.05, 0) is 24.3 Å². The first-order chi connectivity index (χ1) is 11.3. The zero-order valence-corrected chi connectivity index (χ0v) is 14.5. The minimum atomic E-state index is -4.97. The maximum Gasteiger partial charge on any atom is 0.420 e. The third kappa shape index (κ3) is 4.22. The van der Waals surface area contributed by atoms with Crippen molar-refractivity contribution in [3.63, 3.8) is 0 Å². The summed E-state index contributed by atoms with van der Waals surface area (Å²) in [5.74, 6) is -2.23. The summed E-state index contributed by atoms with van der Waals surface area (Å²) < 4.78 is 83.5. The number of alkyl halides is 6. The SMILES string of the molecule is FC(F)(F)c1ccc(Cl)c(Cl)c1Oc1c(C(F)(F)F)ccc(Cl)c1Cl. The molecule has 0 bridgehead atoms. The quantitative estimate of drug-likeness (QED) is 0.425. The summed E-state index contributed by atoms with van der Waals surface area (Å²) in [6.07, 6.45) is -9.93. The molecule has 0 atom stereocenters. The van der Waals surface area contributed by atoms with Gasteiger partial charge in [-0.3, -0.25) is 0 Å². The Morgan fingerprint density at radius 3 is 1.20 bits per heavy atom. The van der Waals surface area contributed by atoms with E-state index in [1.807, 2.05) is 0 Å². The number of rotatable bonds is 2. The summed E-state index contributed by atoms with van der Waals surface area (Å²) in [7, 11) is 0. The average Bonchev–Trinajstić information content (AvgIpc) is 2.46. The van der Waals surface area contributed by atoms with E-state index >= 15 is 0 Å². The van der Waals surface area contributed by atoms with Crippen molar-refractivity contribution < 1.29 is 31.1 Å². The van der Waals surface area contributed by atoms with Gasteiger partial charge in [0.05, 0.1) is 21.2 Å². The molecule has 0 unspecified atom stereocenters. The number of ether oxygens (including phenoxy) is 1. The third-order valence-corrected chi connectivity index (χ3v) is 4.49. The van der Waals surface area contributed by atoms with Crippen LogP contribution >= 0.6 is 46.4 Å². The van der Waals surface area contributed by atoms with Crippen molar-refractivity contribution in [3.05, 3.63) is 55.5 Å². The lowest BCUT2D eigenvalue weighted by atomic mass is 10.1. The third-order valence-electron chi connectivity index (χ3n) is 2.91. The number of halogens is 10. The molecule has 0 aliphatic carbocycles. The molecule has 0 aliphatic rings. The Bertz CT molecular complexity index is 749. The summed E-state index contributed by atoms with van der Waals surface area (Å²) in [6, 6.07) is 2.72. The van der Waals surface area contributed by atoms with Crippen LogP contribution in [0.2, 0.25) is 20.1 Å². The molecule has 11 heteroatoms. The lowest BCUT2D eigenvalue weighted by Gasteiger charge is -2.19. The van der Waals surface area contributed by atoms with E-state index in [0.717, 1.165) is 12.1 Å². The van der Waals surface area contributed by atoms with E-state index in [1.54, 1.807) is 0 Å². The van der Waals surface area contributed by atoms with Crippen molar-refractivity contribution in [2.45, 2.75) is 12.4 Å². The van der Waals surface area contributed by atoms with Gasteiger partial charge in [0, 0.05) is 0 Å². The van der Waals surface area contributed by atoms with Crippen LogP contribution in [-0.2, 0) is 12.4 Å². The summed E-state index contributed by atoms with van der Waals surface area (Å²) >= 11 is 22.7. The van der Waals surface area contributed by atoms with Crippen LogP contribution in [-0.4, -0.2) is 0 Å². The van der Waals surface area contributed by atoms with E-state index in [1.165, 1.54) is 0 Å². The van der Waals surface area contributed by atoms with Gasteiger partial charge < -0.3 is 4.74 Å². The highest BCUT2D eigenvalue weighted by atomic mass is 35.5. The van der Waals surface area contributed by atoms with Crippen molar-refractivity contribution in [1.29, 1.82) is 0 Å². The highest BCUT2D eigenvalue weighted by molar-refractivity contribution is 6.44. The second-order valence-corrected chi connectivity index (χ2v) is 6.14. The Morgan fingerprint density at radius 1 is 0.600 bits per heavy atom. The van der Waals surface area contributed by atoms with Crippen LogP contribution in [0.1, 0.15) is 11.1 Å². The van der Waals surface area contributed by atoms with Crippen LogP contribution in [0.4, 0.5) is 26.3 Å². The number of hydrogen-bond donors (Lipinski definition) is 0. The molecule has 2 aromatic carbocycles. The largest absolute Gasteiger partial charge is 0.453 e. The smallest absolute Gasteiger partial charge is 0.420 e. The second-order valence-electron chi connectivity index (χ2n) is 4.57. The normalized spacial score (nSPS) is 12.4. The molecule has 0 saturated heterocycles. The van der Waals surface area contributed by atoms with Crippen molar-refractivity contribution in [2.75, 3.05) is 0 Å². The van der Waals surface area contributed by atoms with E-state index < -0.39 is 45.0 Å². The van der Waals surface area contributed by atoms with E-state index in [0.29, 0.717) is 12.1 Å². The molecule has 1 nitrogen and oxygen atoms in total. The Kier molecular flexibility index (Phi) is 5.64. The standard InChI is InChI=1S/C14H4Cl4F6O/c15-7-3-1-5(13(19,20)21)11(9(7)17)25-12-6(14(22,23)24)2-4-8(16)10(12)18/h1-4H. The van der Waals surface area contributed by atoms with E-state index in [2.05, 4.69) is 0 Å². The van der Waals surface area contributed by atoms with Gasteiger partial charge in [0.25, 0.3) is 0 Å². The van der Waals surface area contributed by atoms with Gasteiger partial charge in [0.15, 0.2) is 11.5 Å². The molecule has 0 heterocycles. The van der Waals surface area contributed by atoms with Gasteiger partial charge in [0.2, 0.25) is 0 Å². The van der Waals surface area contributed by atoms with Crippen molar-refractivity contribution in [2.24, 2.45) is 0 Å². The van der Waals surface area contributed by atoms with Crippen molar-refractivity contribution in [1.82, 2.24) is 0 Å². The van der Waals surface area contributed by atoms with Crippen LogP contribution in [0.25, 0.3) is 0 Å². The van der Waals surface area contributed by atoms with Crippen LogP contribution < -0.4 is 4.74 Å². The first-order valence-electron chi connectivity index (χ1n) is 6.12. The van der Waals surface area contributed by atoms with Gasteiger partial charge in [-0.15, -0.1) is 0 Å². The lowest BCUT2D eigenvalue weighted by molar-refractivity contribution is -0.139. The molecule has 0 amide bonds. The highest BCUT2D eigenvalue weighted by Crippen LogP contribution is 2.50. The number of hydrogen-bond acceptors (Lipinski definition) is 1. The Balaban J connectivity index is 2.73. The molecule has 25 heavy (non-hydrogen) atoms. The highest BCUT2D eigenvalue weighted by Gasteiger charge is 2.39. The topological polar surface area (TPSA) is 9.23 Å². The summed E-state index contributed by atoms with van der Waals surface area (Å²) in [4.78, 5) is 0. The fourth-order valence-corrected chi connectivity index (χ4v) is 2.52. The fourth-order valence-electron chi connectivity index (χ4n) is 1.81. The van der Waals surface area contributed by atoms with Gasteiger partial charge in [0.1, 0.15) is 10.0 Å². The molecular formula is C14H4Cl4F6O. The average molecular weight is 444 g/mol. The monoisotopic (exact) mass is 442 g/mol. The predicted octanol–water partition coefficient (Wildman–Crippen LogP) is 8.13. The summed E-state index contributed by atoms with van der Waals surface area (Å²) in [6.45, 7) is 0. The number of benzene rings is 2. The van der Waals surface area contributed by atoms with Crippen molar-refractivity contribution >= 4 is 46.4 Å². The predicted molar refractivity (Wildman–Crippen MR) is 83.0 cm³/mol. The molecule has 0 N–H and O–H groups in total. The van der Waals surface area contributed by atoms with Crippen LogP contribution in [0.5, 0.6) is 11.5 Å². The summed E-state index contributed by atoms with van der Waals surface area (Å²) in [5, 5.41) is -2.14. The maximum absolute atomic E-state index is 13.1. The second kappa shape index (κ2) is 6.95. The van der Waals surface area contributed by atoms with Gasteiger partial charge in [-0.1, -0.05) is 46.4 Å². The molecule has 0 saturated carbocycles. The molecule has 2 rings (SSSR count). The summed E-state index contributed by atoms with van der Waals surface area (Å²) in [5.41, 5.74) is -2.85. The van der Waals surface area contributed by atoms with E-state index in [9.17, 15) is 26.3 Å². The van der Waals surface area contributed by atoms with E-state index in [4.69, 9.17) is 51.1 Å². The van der Waals surface area contributed by atoms with Crippen LogP contribution in [0, 0.1) is 0 Å². The molecular weight excluding hydrogens is 440 g/mol. The minimum Gasteiger partial charge on any atom is -0.453 e. The molecule has 0 spiro atoms. The molecule has 0 fully saturated rings. The van der Waals surface area contributed by atoms with Crippen LogP contribution in [0.3, 0.4) is 0 Å². The molecule has 0 aromatic heterocycles. The Labute approximate surface area is 157 Å². The zero-order valence-electron chi connectivity index (χ0n) is 11.5. The molecule has 0 radical (unpaired) electrons. The van der Waals surface area contributed by atoms with Gasteiger partial charge >= 0.3 is 12.4 Å². The van der Waals surface area contributed by atoms with E-state index in [-0.39, 0.29) is 10.0 Å². The Morgan fingerprint density at radius 2 is 0.920 bits per heavy atom. The lowest BCUT2D eigenvalue weighted by Crippen LogP contribution is -2.11. The first-order valence-corrected chi connectivity index (χ1v) is 7.63. The Hall–Kier alpha value is -1.02. The minimum absolute atomic E-state index is 0.351. The zero-order chi connectivity index (χ0) is 19.2. The van der Waals surface area contributed by atoms with Crippen molar-refractivity contribution in [3.8, 4) is 11.5 Å². The van der Waals surface area contributed by atoms with Gasteiger partial charge in [-0.2, -0.15) is 26.3 Å². The first kappa shape index (κ1) is 20.3. The van der Waals surface area contributed by atoms with Crippen LogP contribution in [0.15, 0.2) is 24.3 Å². The molecule has 136 valence electrons. The van der Waals surface area contributed by atoms with Gasteiger partial charge in [-0.25, -0.2) is 0 Å². The fraction of sp³-hybridized carbons (Fsp3) is 0.143. The maximum atomic E-state index is 13.1. The molecule has 2 aromatic rings.